The molecule has 1 atom stereocenters. The second-order valence-electron chi connectivity index (χ2n) is 8.20. The van der Waals surface area contributed by atoms with Crippen LogP contribution in [0, 0.1) is 5.92 Å². The maximum atomic E-state index is 6.05. The third-order valence-corrected chi connectivity index (χ3v) is 5.60. The predicted molar refractivity (Wildman–Crippen MR) is 130 cm³/mol. The number of ether oxygens (including phenoxy) is 2. The van der Waals surface area contributed by atoms with Gasteiger partial charge in [-0.15, -0.1) is 0 Å². The van der Waals surface area contributed by atoms with Crippen LogP contribution in [0.3, 0.4) is 0 Å². The van der Waals surface area contributed by atoms with E-state index in [4.69, 9.17) is 15.2 Å². The Hall–Kier alpha value is -2.78. The molecule has 1 unspecified atom stereocenters. The summed E-state index contributed by atoms with van der Waals surface area (Å²) >= 11 is 0. The zero-order valence-corrected chi connectivity index (χ0v) is 19.1. The van der Waals surface area contributed by atoms with Crippen molar-refractivity contribution >= 4 is 0 Å². The molecule has 0 aromatic heterocycles. The molecule has 0 saturated carbocycles. The first kappa shape index (κ1) is 22.9. The van der Waals surface area contributed by atoms with Gasteiger partial charge in [0, 0.05) is 0 Å². The van der Waals surface area contributed by atoms with Gasteiger partial charge in [0.25, 0.3) is 0 Å². The summed E-state index contributed by atoms with van der Waals surface area (Å²) in [7, 11) is 1.69. The van der Waals surface area contributed by atoms with Crippen LogP contribution >= 0.6 is 0 Å². The number of methoxy groups -OCH3 is 1. The van der Waals surface area contributed by atoms with Crippen molar-refractivity contribution in [1.82, 2.24) is 0 Å². The van der Waals surface area contributed by atoms with Crippen molar-refractivity contribution in [3.8, 4) is 22.6 Å². The fourth-order valence-corrected chi connectivity index (χ4v) is 3.86. The largest absolute Gasteiger partial charge is 0.497 e. The van der Waals surface area contributed by atoms with Crippen LogP contribution in [0.25, 0.3) is 11.1 Å². The highest BCUT2D eigenvalue weighted by atomic mass is 16.5. The Morgan fingerprint density at radius 3 is 2.35 bits per heavy atom. The summed E-state index contributed by atoms with van der Waals surface area (Å²) in [6.07, 6.45) is 4.63. The third kappa shape index (κ3) is 6.35. The maximum absolute atomic E-state index is 6.05. The molecule has 1 aliphatic rings. The summed E-state index contributed by atoms with van der Waals surface area (Å²) in [4.78, 5) is 0. The molecule has 0 fully saturated rings. The number of hydrogen-bond donors (Lipinski definition) is 1. The molecule has 0 radical (unpaired) electrons. The van der Waals surface area contributed by atoms with Gasteiger partial charge in [-0.25, -0.2) is 0 Å². The summed E-state index contributed by atoms with van der Waals surface area (Å²) in [6, 6.07) is 23.1. The Morgan fingerprint density at radius 2 is 1.65 bits per heavy atom. The summed E-state index contributed by atoms with van der Waals surface area (Å²) in [5.41, 5.74) is 12.2. The fourth-order valence-electron chi connectivity index (χ4n) is 3.86. The lowest BCUT2D eigenvalue weighted by atomic mass is 9.84. The lowest BCUT2D eigenvalue weighted by Gasteiger charge is -2.23. The monoisotopic (exact) mass is 417 g/mol. The van der Waals surface area contributed by atoms with Crippen molar-refractivity contribution in [3.63, 3.8) is 0 Å². The molecule has 0 heterocycles. The third-order valence-electron chi connectivity index (χ3n) is 5.60. The Bertz CT molecular complexity index is 949. The Labute approximate surface area is 187 Å². The van der Waals surface area contributed by atoms with Crippen molar-refractivity contribution in [2.75, 3.05) is 13.7 Å². The van der Waals surface area contributed by atoms with Gasteiger partial charge in [-0.05, 0) is 83.8 Å². The minimum absolute atomic E-state index is 0.572. The van der Waals surface area contributed by atoms with Crippen molar-refractivity contribution < 1.29 is 9.47 Å². The van der Waals surface area contributed by atoms with Gasteiger partial charge in [0.2, 0.25) is 0 Å². The fraction of sp³-hybridized carbons (Fsp3) is 0.357. The van der Waals surface area contributed by atoms with Crippen LogP contribution in [-0.2, 0) is 19.4 Å². The molecule has 164 valence electrons. The SMILES string of the molecule is CCC.COc1cccc(-c2ccc(COc3ccc4c(c3)CCC(CN)C4)cc2)c1. The van der Waals surface area contributed by atoms with E-state index in [9.17, 15) is 0 Å². The second kappa shape index (κ2) is 11.6. The topological polar surface area (TPSA) is 44.5 Å². The lowest BCUT2D eigenvalue weighted by Crippen LogP contribution is -2.22. The normalized spacial score (nSPS) is 14.8. The number of nitrogens with two attached hydrogens (primary N) is 1. The number of benzene rings is 3. The molecule has 0 amide bonds. The first-order valence-corrected chi connectivity index (χ1v) is 11.3. The van der Waals surface area contributed by atoms with Crippen LogP contribution in [0.1, 0.15) is 43.4 Å². The molecule has 0 spiro atoms. The van der Waals surface area contributed by atoms with Gasteiger partial charge in [-0.3, -0.25) is 0 Å². The number of fused-ring (bicyclic) bond motifs is 1. The van der Waals surface area contributed by atoms with Gasteiger partial charge < -0.3 is 15.2 Å². The Morgan fingerprint density at radius 1 is 0.871 bits per heavy atom. The number of hydrogen-bond acceptors (Lipinski definition) is 3. The van der Waals surface area contributed by atoms with Crippen LogP contribution in [0.2, 0.25) is 0 Å². The molecular formula is C28H35NO2. The van der Waals surface area contributed by atoms with Crippen molar-refractivity contribution in [1.29, 1.82) is 0 Å². The molecular weight excluding hydrogens is 382 g/mol. The zero-order valence-electron chi connectivity index (χ0n) is 19.1. The van der Waals surface area contributed by atoms with E-state index in [2.05, 4.69) is 62.4 Å². The molecule has 2 N–H and O–H groups in total. The molecule has 3 aromatic carbocycles. The van der Waals surface area contributed by atoms with E-state index in [0.717, 1.165) is 42.0 Å². The molecule has 0 aliphatic heterocycles. The van der Waals surface area contributed by atoms with Gasteiger partial charge in [-0.2, -0.15) is 0 Å². The van der Waals surface area contributed by atoms with E-state index in [1.54, 1.807) is 7.11 Å². The minimum Gasteiger partial charge on any atom is -0.497 e. The van der Waals surface area contributed by atoms with E-state index < -0.39 is 0 Å². The summed E-state index contributed by atoms with van der Waals surface area (Å²) in [5, 5.41) is 0. The van der Waals surface area contributed by atoms with E-state index >= 15 is 0 Å². The van der Waals surface area contributed by atoms with Crippen LogP contribution < -0.4 is 15.2 Å². The number of rotatable bonds is 6. The Balaban J connectivity index is 0.000000858. The highest BCUT2D eigenvalue weighted by Gasteiger charge is 2.17. The average molecular weight is 418 g/mol. The molecule has 1 aliphatic carbocycles. The van der Waals surface area contributed by atoms with E-state index in [-0.39, 0.29) is 0 Å². The van der Waals surface area contributed by atoms with Gasteiger partial charge in [-0.1, -0.05) is 62.7 Å². The highest BCUT2D eigenvalue weighted by Crippen LogP contribution is 2.29. The van der Waals surface area contributed by atoms with Crippen LogP contribution in [0.15, 0.2) is 66.7 Å². The van der Waals surface area contributed by atoms with Gasteiger partial charge in [0.05, 0.1) is 7.11 Å². The molecule has 3 heteroatoms. The van der Waals surface area contributed by atoms with Crippen LogP contribution in [-0.4, -0.2) is 13.7 Å². The van der Waals surface area contributed by atoms with E-state index in [0.29, 0.717) is 12.5 Å². The lowest BCUT2D eigenvalue weighted by molar-refractivity contribution is 0.305. The van der Waals surface area contributed by atoms with Gasteiger partial charge >= 0.3 is 0 Å². The number of aryl methyl sites for hydroxylation is 1. The van der Waals surface area contributed by atoms with Crippen molar-refractivity contribution in [2.45, 2.75) is 46.1 Å². The first-order chi connectivity index (χ1) is 15.2. The zero-order chi connectivity index (χ0) is 22.1. The maximum Gasteiger partial charge on any atom is 0.120 e. The molecule has 0 bridgehead atoms. The summed E-state index contributed by atoms with van der Waals surface area (Å²) < 4.78 is 11.4. The summed E-state index contributed by atoms with van der Waals surface area (Å²) in [6.45, 7) is 5.60. The smallest absolute Gasteiger partial charge is 0.120 e. The minimum atomic E-state index is 0.572. The second-order valence-corrected chi connectivity index (χ2v) is 8.20. The first-order valence-electron chi connectivity index (χ1n) is 11.3. The molecule has 3 aromatic rings. The van der Waals surface area contributed by atoms with Crippen LogP contribution in [0.5, 0.6) is 11.5 Å². The standard InChI is InChI=1S/C25H27NO2.C3H8/c1-27-24-4-2-3-21(14-24)20-8-5-18(6-9-20)17-28-25-12-11-22-13-19(16-26)7-10-23(22)15-25;1-3-2/h2-6,8-9,11-12,14-15,19H,7,10,13,16-17,26H2,1H3;3H2,1-2H3. The van der Waals surface area contributed by atoms with Gasteiger partial charge in [0.1, 0.15) is 18.1 Å². The van der Waals surface area contributed by atoms with Crippen LogP contribution in [0.4, 0.5) is 0 Å². The van der Waals surface area contributed by atoms with E-state index in [1.165, 1.54) is 29.5 Å². The molecule has 3 nitrogen and oxygen atoms in total. The van der Waals surface area contributed by atoms with Crippen molar-refractivity contribution in [2.24, 2.45) is 11.7 Å². The summed E-state index contributed by atoms with van der Waals surface area (Å²) in [5.74, 6) is 2.44. The van der Waals surface area contributed by atoms with E-state index in [1.807, 2.05) is 18.2 Å². The molecule has 31 heavy (non-hydrogen) atoms. The average Bonchev–Trinajstić information content (AvgIpc) is 2.83. The van der Waals surface area contributed by atoms with Gasteiger partial charge in [0.15, 0.2) is 0 Å². The molecule has 0 saturated heterocycles. The molecule has 4 rings (SSSR count). The predicted octanol–water partition coefficient (Wildman–Crippen LogP) is 6.42. The quantitative estimate of drug-likeness (QED) is 0.503. The highest BCUT2D eigenvalue weighted by molar-refractivity contribution is 5.65. The van der Waals surface area contributed by atoms with Crippen molar-refractivity contribution in [3.05, 3.63) is 83.4 Å². The Kier molecular flexibility index (Phi) is 8.54.